The Balaban J connectivity index is 3.28. The third-order valence-corrected chi connectivity index (χ3v) is 4.01. The molecule has 0 amide bonds. The van der Waals surface area contributed by atoms with Gasteiger partial charge in [0.1, 0.15) is 0 Å². The van der Waals surface area contributed by atoms with Crippen LogP contribution in [0, 0.1) is 10.1 Å². The number of sulfonamides is 1. The predicted molar refractivity (Wildman–Crippen MR) is 71.3 cm³/mol. The minimum atomic E-state index is -4.05. The first kappa shape index (κ1) is 17.0. The molecule has 1 aromatic carbocycles. The highest BCUT2D eigenvalue weighted by Crippen LogP contribution is 2.22. The second kappa shape index (κ2) is 7.11. The van der Waals surface area contributed by atoms with Crippen molar-refractivity contribution < 1.29 is 28.0 Å². The van der Waals surface area contributed by atoms with Crippen LogP contribution in [-0.4, -0.2) is 44.7 Å². The summed E-state index contributed by atoms with van der Waals surface area (Å²) in [6.45, 7) is -0.233. The third kappa shape index (κ3) is 4.21. The van der Waals surface area contributed by atoms with Gasteiger partial charge in [0.2, 0.25) is 10.0 Å². The van der Waals surface area contributed by atoms with E-state index >= 15 is 0 Å². The molecule has 0 aliphatic carbocycles. The zero-order valence-corrected chi connectivity index (χ0v) is 11.9. The number of ether oxygens (including phenoxy) is 1. The summed E-state index contributed by atoms with van der Waals surface area (Å²) < 4.78 is 30.7. The van der Waals surface area contributed by atoms with Crippen molar-refractivity contribution in [1.29, 1.82) is 0 Å². The van der Waals surface area contributed by atoms with Crippen LogP contribution < -0.4 is 4.72 Å². The molecular weight excluding hydrogens is 304 g/mol. The van der Waals surface area contributed by atoms with Crippen molar-refractivity contribution in [2.24, 2.45) is 0 Å². The number of hydrogen-bond acceptors (Lipinski definition) is 7. The number of aliphatic hydroxyl groups is 1. The van der Waals surface area contributed by atoms with Gasteiger partial charge in [-0.2, -0.15) is 0 Å². The van der Waals surface area contributed by atoms with Crippen LogP contribution in [-0.2, 0) is 14.8 Å². The molecule has 0 atom stereocenters. The maximum Gasteiger partial charge on any atom is 0.339 e. The van der Waals surface area contributed by atoms with Crippen molar-refractivity contribution in [2.45, 2.75) is 11.3 Å². The highest BCUT2D eigenvalue weighted by Gasteiger charge is 2.25. The van der Waals surface area contributed by atoms with Crippen molar-refractivity contribution in [3.63, 3.8) is 0 Å². The number of nitro groups is 1. The summed E-state index contributed by atoms with van der Waals surface area (Å²) in [5.41, 5.74) is -0.854. The first-order valence-corrected chi connectivity index (χ1v) is 7.29. The average molecular weight is 318 g/mol. The monoisotopic (exact) mass is 318 g/mol. The SMILES string of the molecule is COC(=O)c1cc([N+](=O)[O-])ccc1S(=O)(=O)NCCCO. The van der Waals surface area contributed by atoms with E-state index in [2.05, 4.69) is 9.46 Å². The normalized spacial score (nSPS) is 11.1. The number of carbonyl (C=O) groups is 1. The Morgan fingerprint density at radius 3 is 2.67 bits per heavy atom. The van der Waals surface area contributed by atoms with Crippen molar-refractivity contribution in [3.8, 4) is 0 Å². The Morgan fingerprint density at radius 1 is 1.48 bits per heavy atom. The molecule has 1 rings (SSSR count). The van der Waals surface area contributed by atoms with Crippen molar-refractivity contribution >= 4 is 21.7 Å². The number of carbonyl (C=O) groups excluding carboxylic acids is 1. The Hall–Kier alpha value is -2.04. The lowest BCUT2D eigenvalue weighted by Crippen LogP contribution is -2.27. The van der Waals surface area contributed by atoms with Gasteiger partial charge >= 0.3 is 5.97 Å². The first-order valence-electron chi connectivity index (χ1n) is 5.80. The van der Waals surface area contributed by atoms with Gasteiger partial charge in [-0.15, -0.1) is 0 Å². The Labute approximate surface area is 120 Å². The Kier molecular flexibility index (Phi) is 5.76. The molecule has 0 radical (unpaired) electrons. The molecule has 0 aliphatic rings. The molecule has 116 valence electrons. The largest absolute Gasteiger partial charge is 0.465 e. The molecule has 0 aliphatic heterocycles. The molecule has 0 spiro atoms. The molecule has 9 nitrogen and oxygen atoms in total. The number of esters is 1. The fourth-order valence-electron chi connectivity index (χ4n) is 1.50. The maximum atomic E-state index is 12.1. The average Bonchev–Trinajstić information content (AvgIpc) is 2.45. The fourth-order valence-corrected chi connectivity index (χ4v) is 2.75. The molecule has 10 heteroatoms. The van der Waals surface area contributed by atoms with E-state index in [4.69, 9.17) is 5.11 Å². The summed E-state index contributed by atoms with van der Waals surface area (Å²) in [7, 11) is -3.01. The van der Waals surface area contributed by atoms with E-state index in [1.54, 1.807) is 0 Å². The van der Waals surface area contributed by atoms with Crippen LogP contribution in [0.1, 0.15) is 16.8 Å². The van der Waals surface area contributed by atoms with Gasteiger partial charge in [0.25, 0.3) is 5.69 Å². The summed E-state index contributed by atoms with van der Waals surface area (Å²) in [6.07, 6.45) is 0.194. The predicted octanol–water partition coefficient (Wildman–Crippen LogP) is 0.0421. The van der Waals surface area contributed by atoms with Gasteiger partial charge < -0.3 is 9.84 Å². The van der Waals surface area contributed by atoms with Crippen LogP contribution in [0.15, 0.2) is 23.1 Å². The standard InChI is InChI=1S/C11H14N2O7S/c1-20-11(15)9-7-8(13(16)17)3-4-10(9)21(18,19)12-5-2-6-14/h3-4,7,12,14H,2,5-6H2,1H3. The van der Waals surface area contributed by atoms with Crippen molar-refractivity contribution in [3.05, 3.63) is 33.9 Å². The van der Waals surface area contributed by atoms with E-state index in [0.29, 0.717) is 0 Å². The van der Waals surface area contributed by atoms with E-state index in [1.165, 1.54) is 0 Å². The molecule has 0 heterocycles. The smallest absolute Gasteiger partial charge is 0.339 e. The van der Waals surface area contributed by atoms with Gasteiger partial charge in [-0.3, -0.25) is 10.1 Å². The lowest BCUT2D eigenvalue weighted by molar-refractivity contribution is -0.384. The molecule has 0 saturated heterocycles. The minimum absolute atomic E-state index is 0.0313. The molecule has 0 saturated carbocycles. The van der Waals surface area contributed by atoms with Gasteiger partial charge in [-0.05, 0) is 12.5 Å². The molecule has 0 bridgehead atoms. The van der Waals surface area contributed by atoms with Gasteiger partial charge in [0.05, 0.1) is 22.5 Å². The molecule has 21 heavy (non-hydrogen) atoms. The second-order valence-corrected chi connectivity index (χ2v) is 5.64. The molecule has 0 fully saturated rings. The fraction of sp³-hybridized carbons (Fsp3) is 0.364. The van der Waals surface area contributed by atoms with Crippen LogP contribution in [0.25, 0.3) is 0 Å². The van der Waals surface area contributed by atoms with Crippen LogP contribution in [0.3, 0.4) is 0 Å². The topological polar surface area (TPSA) is 136 Å². The third-order valence-electron chi connectivity index (χ3n) is 2.50. The van der Waals surface area contributed by atoms with E-state index in [1.807, 2.05) is 0 Å². The number of methoxy groups -OCH3 is 1. The number of aliphatic hydroxyl groups excluding tert-OH is 1. The Morgan fingerprint density at radius 2 is 2.14 bits per heavy atom. The number of benzene rings is 1. The van der Waals surface area contributed by atoms with E-state index in [9.17, 15) is 23.3 Å². The van der Waals surface area contributed by atoms with Gasteiger partial charge in [-0.25, -0.2) is 17.9 Å². The maximum absolute atomic E-state index is 12.1. The lowest BCUT2D eigenvalue weighted by Gasteiger charge is -2.10. The molecule has 0 aromatic heterocycles. The quantitative estimate of drug-likeness (QED) is 0.313. The van der Waals surface area contributed by atoms with Crippen LogP contribution in [0.2, 0.25) is 0 Å². The highest BCUT2D eigenvalue weighted by atomic mass is 32.2. The molecular formula is C11H14N2O7S. The lowest BCUT2D eigenvalue weighted by atomic mass is 10.2. The number of rotatable bonds is 7. The van der Waals surface area contributed by atoms with Crippen LogP contribution >= 0.6 is 0 Å². The Bertz CT molecular complexity index is 642. The van der Waals surface area contributed by atoms with Crippen molar-refractivity contribution in [2.75, 3.05) is 20.3 Å². The van der Waals surface area contributed by atoms with E-state index in [0.717, 1.165) is 25.3 Å². The number of hydrogen-bond donors (Lipinski definition) is 2. The number of nitro benzene ring substituents is 1. The van der Waals surface area contributed by atoms with E-state index < -0.39 is 37.1 Å². The van der Waals surface area contributed by atoms with Crippen molar-refractivity contribution in [1.82, 2.24) is 4.72 Å². The second-order valence-electron chi connectivity index (χ2n) is 3.90. The highest BCUT2D eigenvalue weighted by molar-refractivity contribution is 7.89. The number of nitrogens with one attached hydrogen (secondary N) is 1. The van der Waals surface area contributed by atoms with Gasteiger partial charge in [0, 0.05) is 25.3 Å². The summed E-state index contributed by atoms with van der Waals surface area (Å²) in [4.78, 5) is 21.1. The van der Waals surface area contributed by atoms with Crippen LogP contribution in [0.5, 0.6) is 0 Å². The number of nitrogens with zero attached hydrogens (tertiary/aromatic N) is 1. The molecule has 1 aromatic rings. The molecule has 0 unspecified atom stereocenters. The summed E-state index contributed by atoms with van der Waals surface area (Å²) >= 11 is 0. The zero-order chi connectivity index (χ0) is 16.0. The molecule has 2 N–H and O–H groups in total. The summed E-state index contributed by atoms with van der Waals surface area (Å²) in [5, 5.41) is 19.3. The van der Waals surface area contributed by atoms with Gasteiger partial charge in [0.15, 0.2) is 0 Å². The zero-order valence-electron chi connectivity index (χ0n) is 11.1. The van der Waals surface area contributed by atoms with Gasteiger partial charge in [-0.1, -0.05) is 0 Å². The first-order chi connectivity index (χ1) is 9.83. The summed E-state index contributed by atoms with van der Waals surface area (Å²) in [6, 6.07) is 2.78. The minimum Gasteiger partial charge on any atom is -0.465 e. The number of non-ortho nitro benzene ring substituents is 1. The van der Waals surface area contributed by atoms with Crippen LogP contribution in [0.4, 0.5) is 5.69 Å². The van der Waals surface area contributed by atoms with E-state index in [-0.39, 0.29) is 19.6 Å². The summed E-state index contributed by atoms with van der Waals surface area (Å²) in [5.74, 6) is -0.999.